The number of furan rings is 1. The summed E-state index contributed by atoms with van der Waals surface area (Å²) in [5.41, 5.74) is 1.69. The summed E-state index contributed by atoms with van der Waals surface area (Å²) in [4.78, 5) is 12.6. The molecule has 2 aromatic rings. The van der Waals surface area contributed by atoms with Crippen molar-refractivity contribution < 1.29 is 9.21 Å². The first-order valence-electron chi connectivity index (χ1n) is 6.86. The van der Waals surface area contributed by atoms with Crippen molar-refractivity contribution in [3.8, 4) is 0 Å². The number of ketones is 1. The Kier molecular flexibility index (Phi) is 2.94. The van der Waals surface area contributed by atoms with Crippen LogP contribution in [-0.2, 0) is 6.42 Å². The molecule has 0 unspecified atom stereocenters. The molecule has 94 valence electrons. The van der Waals surface area contributed by atoms with E-state index in [-0.39, 0.29) is 5.92 Å². The van der Waals surface area contributed by atoms with Gasteiger partial charge in [0.05, 0.1) is 5.56 Å². The van der Waals surface area contributed by atoms with Gasteiger partial charge in [-0.1, -0.05) is 38.0 Å². The minimum Gasteiger partial charge on any atom is -0.460 e. The van der Waals surface area contributed by atoms with Gasteiger partial charge in [-0.3, -0.25) is 4.79 Å². The minimum absolute atomic E-state index is 0.219. The Morgan fingerprint density at radius 2 is 2.00 bits per heavy atom. The average molecular weight is 242 g/mol. The maximum Gasteiger partial charge on any atom is 0.170 e. The van der Waals surface area contributed by atoms with E-state index in [1.165, 1.54) is 12.8 Å². The monoisotopic (exact) mass is 242 g/mol. The van der Waals surface area contributed by atoms with Crippen LogP contribution in [0.1, 0.15) is 48.7 Å². The fourth-order valence-electron chi connectivity index (χ4n) is 3.01. The fraction of sp³-hybridized carbons (Fsp3) is 0.438. The Balaban J connectivity index is 2.11. The number of carbonyl (C=O) groups is 1. The second-order valence-corrected chi connectivity index (χ2v) is 5.10. The molecular formula is C16H18O2. The van der Waals surface area contributed by atoms with E-state index in [4.69, 9.17) is 4.42 Å². The third-order valence-corrected chi connectivity index (χ3v) is 3.96. The van der Waals surface area contributed by atoms with Crippen LogP contribution in [0.2, 0.25) is 0 Å². The van der Waals surface area contributed by atoms with Crippen LogP contribution in [0.15, 0.2) is 28.7 Å². The van der Waals surface area contributed by atoms with E-state index in [0.717, 1.165) is 41.6 Å². The van der Waals surface area contributed by atoms with Gasteiger partial charge in [0.1, 0.15) is 11.3 Å². The van der Waals surface area contributed by atoms with Gasteiger partial charge in [0, 0.05) is 17.7 Å². The van der Waals surface area contributed by atoms with Crippen molar-refractivity contribution in [1.29, 1.82) is 0 Å². The van der Waals surface area contributed by atoms with E-state index in [1.54, 1.807) is 0 Å². The van der Waals surface area contributed by atoms with E-state index in [2.05, 4.69) is 0 Å². The first kappa shape index (κ1) is 11.5. The van der Waals surface area contributed by atoms with Crippen molar-refractivity contribution in [2.45, 2.75) is 39.0 Å². The molecule has 1 aliphatic carbocycles. The van der Waals surface area contributed by atoms with Gasteiger partial charge < -0.3 is 4.42 Å². The topological polar surface area (TPSA) is 30.2 Å². The minimum atomic E-state index is 0.219. The van der Waals surface area contributed by atoms with Crippen molar-refractivity contribution >= 4 is 16.8 Å². The number of aryl methyl sites for hydroxylation is 1. The van der Waals surface area contributed by atoms with E-state index < -0.39 is 0 Å². The summed E-state index contributed by atoms with van der Waals surface area (Å²) in [6, 6.07) is 7.87. The Morgan fingerprint density at radius 1 is 1.28 bits per heavy atom. The molecule has 3 rings (SSSR count). The number of rotatable bonds is 3. The highest BCUT2D eigenvalue weighted by Gasteiger charge is 2.28. The van der Waals surface area contributed by atoms with Gasteiger partial charge in [0.15, 0.2) is 5.78 Å². The van der Waals surface area contributed by atoms with Crippen LogP contribution in [0.5, 0.6) is 0 Å². The number of carbonyl (C=O) groups excluding carboxylic acids is 1. The van der Waals surface area contributed by atoms with Crippen LogP contribution < -0.4 is 0 Å². The number of fused-ring (bicyclic) bond motifs is 1. The Bertz CT molecular complexity index is 574. The van der Waals surface area contributed by atoms with Crippen LogP contribution in [-0.4, -0.2) is 5.78 Å². The Labute approximate surface area is 107 Å². The Morgan fingerprint density at radius 3 is 2.72 bits per heavy atom. The third kappa shape index (κ3) is 1.76. The molecule has 2 heteroatoms. The molecule has 0 amide bonds. The number of benzene rings is 1. The molecule has 0 N–H and O–H groups in total. The van der Waals surface area contributed by atoms with E-state index >= 15 is 0 Å². The molecule has 1 heterocycles. The Hall–Kier alpha value is -1.57. The fourth-order valence-corrected chi connectivity index (χ4v) is 3.01. The second-order valence-electron chi connectivity index (χ2n) is 5.10. The van der Waals surface area contributed by atoms with E-state index in [1.807, 2.05) is 31.2 Å². The van der Waals surface area contributed by atoms with Crippen LogP contribution in [0.4, 0.5) is 0 Å². The molecule has 18 heavy (non-hydrogen) atoms. The molecule has 1 aliphatic rings. The lowest BCUT2D eigenvalue weighted by atomic mass is 9.93. The summed E-state index contributed by atoms with van der Waals surface area (Å²) in [7, 11) is 0. The van der Waals surface area contributed by atoms with Gasteiger partial charge in [-0.2, -0.15) is 0 Å². The van der Waals surface area contributed by atoms with Gasteiger partial charge in [0.2, 0.25) is 0 Å². The van der Waals surface area contributed by atoms with Crippen molar-refractivity contribution in [2.24, 2.45) is 5.92 Å². The van der Waals surface area contributed by atoms with Crippen LogP contribution >= 0.6 is 0 Å². The predicted molar refractivity (Wildman–Crippen MR) is 71.9 cm³/mol. The molecule has 0 aliphatic heterocycles. The van der Waals surface area contributed by atoms with Gasteiger partial charge >= 0.3 is 0 Å². The molecule has 0 bridgehead atoms. The summed E-state index contributed by atoms with van der Waals surface area (Å²) in [6.45, 7) is 2.04. The molecule has 1 fully saturated rings. The zero-order valence-electron chi connectivity index (χ0n) is 10.7. The highest BCUT2D eigenvalue weighted by Crippen LogP contribution is 2.33. The molecule has 1 aromatic carbocycles. The first-order chi connectivity index (χ1) is 8.81. The zero-order valence-corrected chi connectivity index (χ0v) is 10.7. The van der Waals surface area contributed by atoms with Gasteiger partial charge in [-0.05, 0) is 18.9 Å². The predicted octanol–water partition coefficient (Wildman–Crippen LogP) is 4.37. The van der Waals surface area contributed by atoms with E-state index in [9.17, 15) is 4.79 Å². The van der Waals surface area contributed by atoms with Crippen molar-refractivity contribution in [3.63, 3.8) is 0 Å². The highest BCUT2D eigenvalue weighted by molar-refractivity contribution is 6.09. The highest BCUT2D eigenvalue weighted by atomic mass is 16.3. The second kappa shape index (κ2) is 4.60. The van der Waals surface area contributed by atoms with Crippen LogP contribution in [0.3, 0.4) is 0 Å². The number of hydrogen-bond donors (Lipinski definition) is 0. The van der Waals surface area contributed by atoms with Crippen molar-refractivity contribution in [3.05, 3.63) is 35.6 Å². The molecule has 0 spiro atoms. The van der Waals surface area contributed by atoms with Gasteiger partial charge in [0.25, 0.3) is 0 Å². The summed E-state index contributed by atoms with van der Waals surface area (Å²) >= 11 is 0. The van der Waals surface area contributed by atoms with Gasteiger partial charge in [-0.25, -0.2) is 0 Å². The SMILES string of the molecule is CCc1oc2ccccc2c1C(=O)C1CCCC1. The summed E-state index contributed by atoms with van der Waals surface area (Å²) in [5.74, 6) is 1.37. The molecule has 2 nitrogen and oxygen atoms in total. The maximum atomic E-state index is 12.6. The lowest BCUT2D eigenvalue weighted by molar-refractivity contribution is 0.0922. The maximum absolute atomic E-state index is 12.6. The van der Waals surface area contributed by atoms with E-state index in [0.29, 0.717) is 5.78 Å². The molecular weight excluding hydrogens is 224 g/mol. The summed E-state index contributed by atoms with van der Waals surface area (Å²) in [5, 5.41) is 0.992. The van der Waals surface area contributed by atoms with Crippen LogP contribution in [0, 0.1) is 5.92 Å². The summed E-state index contributed by atoms with van der Waals surface area (Å²) < 4.78 is 5.81. The summed E-state index contributed by atoms with van der Waals surface area (Å²) in [6.07, 6.45) is 5.24. The van der Waals surface area contributed by atoms with Crippen molar-refractivity contribution in [1.82, 2.24) is 0 Å². The zero-order chi connectivity index (χ0) is 12.5. The van der Waals surface area contributed by atoms with Crippen LogP contribution in [0.25, 0.3) is 11.0 Å². The quantitative estimate of drug-likeness (QED) is 0.748. The first-order valence-corrected chi connectivity index (χ1v) is 6.86. The third-order valence-electron chi connectivity index (χ3n) is 3.96. The molecule has 0 saturated heterocycles. The number of hydrogen-bond acceptors (Lipinski definition) is 2. The lowest BCUT2D eigenvalue weighted by Crippen LogP contribution is -2.12. The van der Waals surface area contributed by atoms with Crippen molar-refractivity contribution in [2.75, 3.05) is 0 Å². The standard InChI is InChI=1S/C16H18O2/c1-2-13-15(16(17)11-7-3-4-8-11)12-9-5-6-10-14(12)18-13/h5-6,9-11H,2-4,7-8H2,1H3. The molecule has 0 atom stereocenters. The number of para-hydroxylation sites is 1. The smallest absolute Gasteiger partial charge is 0.170 e. The molecule has 1 aromatic heterocycles. The largest absolute Gasteiger partial charge is 0.460 e. The normalized spacial score (nSPS) is 16.5. The lowest BCUT2D eigenvalue weighted by Gasteiger charge is -2.07. The number of Topliss-reactive ketones (excluding diaryl/α,β-unsaturated/α-hetero) is 1. The molecule has 0 radical (unpaired) electrons. The molecule has 1 saturated carbocycles. The van der Waals surface area contributed by atoms with Gasteiger partial charge in [-0.15, -0.1) is 0 Å². The average Bonchev–Trinajstić information content (AvgIpc) is 3.04.